The van der Waals surface area contributed by atoms with E-state index in [9.17, 15) is 4.79 Å². The first-order valence-electron chi connectivity index (χ1n) is 6.96. The number of hydrogen-bond acceptors (Lipinski definition) is 5. The lowest BCUT2D eigenvalue weighted by atomic mass is 9.98. The smallest absolute Gasteiger partial charge is 0.233 e. The van der Waals surface area contributed by atoms with Gasteiger partial charge < -0.3 is 10.6 Å². The number of likely N-dealkylation sites (tertiary alicyclic amines) is 1. The van der Waals surface area contributed by atoms with Crippen LogP contribution in [0.1, 0.15) is 17.9 Å². The molecule has 0 radical (unpaired) electrons. The third-order valence-corrected chi connectivity index (χ3v) is 4.87. The maximum absolute atomic E-state index is 12.3. The van der Waals surface area contributed by atoms with E-state index in [0.717, 1.165) is 23.6 Å². The molecule has 6 nitrogen and oxygen atoms in total. The molecular formula is C14H16ClN5OS. The zero-order valence-corrected chi connectivity index (χ0v) is 13.4. The first kappa shape index (κ1) is 15.2. The van der Waals surface area contributed by atoms with Crippen molar-refractivity contribution in [2.24, 2.45) is 0 Å². The standard InChI is InChI=1S/C14H16ClN5OS/c15-11-4-2-1-3-10(11)9-5-6-20(7-9)12(21)8-22-14-17-13(16)18-19-14/h1-4,9H,5-8H2,(H3,16,17,18,19)/t9-/m1/s1. The molecule has 22 heavy (non-hydrogen) atoms. The number of nitrogen functional groups attached to an aromatic ring is 1. The lowest BCUT2D eigenvalue weighted by Crippen LogP contribution is -2.30. The van der Waals surface area contributed by atoms with Crippen molar-refractivity contribution in [3.05, 3.63) is 34.9 Å². The Morgan fingerprint density at radius 1 is 1.50 bits per heavy atom. The van der Waals surface area contributed by atoms with E-state index in [1.165, 1.54) is 11.8 Å². The molecule has 0 unspecified atom stereocenters. The number of thioether (sulfide) groups is 1. The summed E-state index contributed by atoms with van der Waals surface area (Å²) in [5.74, 6) is 0.964. The van der Waals surface area contributed by atoms with E-state index < -0.39 is 0 Å². The number of rotatable bonds is 4. The normalized spacial score (nSPS) is 17.9. The number of aromatic amines is 1. The molecule has 1 fully saturated rings. The molecule has 1 aliphatic rings. The fourth-order valence-corrected chi connectivity index (χ4v) is 3.59. The zero-order chi connectivity index (χ0) is 15.5. The third kappa shape index (κ3) is 3.36. The molecule has 3 N–H and O–H groups in total. The van der Waals surface area contributed by atoms with Crippen molar-refractivity contribution in [3.63, 3.8) is 0 Å². The highest BCUT2D eigenvalue weighted by molar-refractivity contribution is 7.99. The molecule has 0 spiro atoms. The molecule has 1 saturated heterocycles. The van der Waals surface area contributed by atoms with E-state index in [1.54, 1.807) is 0 Å². The van der Waals surface area contributed by atoms with Crippen molar-refractivity contribution < 1.29 is 4.79 Å². The molecule has 0 aliphatic carbocycles. The topological polar surface area (TPSA) is 87.9 Å². The highest BCUT2D eigenvalue weighted by Crippen LogP contribution is 2.32. The second-order valence-electron chi connectivity index (χ2n) is 5.14. The van der Waals surface area contributed by atoms with Gasteiger partial charge in [0.25, 0.3) is 0 Å². The molecular weight excluding hydrogens is 322 g/mol. The van der Waals surface area contributed by atoms with E-state index in [2.05, 4.69) is 15.2 Å². The van der Waals surface area contributed by atoms with Crippen LogP contribution >= 0.6 is 23.4 Å². The van der Waals surface area contributed by atoms with Gasteiger partial charge in [-0.25, -0.2) is 5.10 Å². The quantitative estimate of drug-likeness (QED) is 0.835. The monoisotopic (exact) mass is 337 g/mol. The molecule has 2 aromatic rings. The summed E-state index contributed by atoms with van der Waals surface area (Å²) >= 11 is 7.52. The SMILES string of the molecule is Nc1nc(SCC(=O)N2CC[C@@H](c3ccccc3Cl)C2)n[nH]1. The Balaban J connectivity index is 1.56. The predicted molar refractivity (Wildman–Crippen MR) is 86.9 cm³/mol. The van der Waals surface area contributed by atoms with Gasteiger partial charge in [0.15, 0.2) is 0 Å². The number of aromatic nitrogens is 3. The number of benzene rings is 1. The second-order valence-corrected chi connectivity index (χ2v) is 6.49. The molecule has 1 aromatic heterocycles. The molecule has 8 heteroatoms. The zero-order valence-electron chi connectivity index (χ0n) is 11.8. The Hall–Kier alpha value is -1.73. The highest BCUT2D eigenvalue weighted by atomic mass is 35.5. The Labute approximate surface area is 137 Å². The van der Waals surface area contributed by atoms with Crippen LogP contribution < -0.4 is 5.73 Å². The number of H-pyrrole nitrogens is 1. The molecule has 0 saturated carbocycles. The van der Waals surface area contributed by atoms with Crippen LogP contribution in [0.25, 0.3) is 0 Å². The summed E-state index contributed by atoms with van der Waals surface area (Å²) in [6.07, 6.45) is 0.938. The number of carbonyl (C=O) groups is 1. The van der Waals surface area contributed by atoms with Crippen LogP contribution in [0, 0.1) is 0 Å². The number of carbonyl (C=O) groups excluding carboxylic acids is 1. The fraction of sp³-hybridized carbons (Fsp3) is 0.357. The van der Waals surface area contributed by atoms with Crippen molar-refractivity contribution in [2.45, 2.75) is 17.5 Å². The molecule has 0 bridgehead atoms. The molecule has 1 atom stereocenters. The van der Waals surface area contributed by atoms with Gasteiger partial charge in [-0.1, -0.05) is 41.6 Å². The van der Waals surface area contributed by atoms with Crippen molar-refractivity contribution in [2.75, 3.05) is 24.6 Å². The molecule has 2 heterocycles. The van der Waals surface area contributed by atoms with Gasteiger partial charge in [-0.15, -0.1) is 5.10 Å². The maximum Gasteiger partial charge on any atom is 0.233 e. The van der Waals surface area contributed by atoms with Gasteiger partial charge in [-0.2, -0.15) is 4.98 Å². The van der Waals surface area contributed by atoms with Crippen LogP contribution in [0.3, 0.4) is 0 Å². The van der Waals surface area contributed by atoms with E-state index in [0.29, 0.717) is 23.4 Å². The van der Waals surface area contributed by atoms with Gasteiger partial charge >= 0.3 is 0 Å². The first-order valence-corrected chi connectivity index (χ1v) is 8.32. The van der Waals surface area contributed by atoms with Crippen LogP contribution in [-0.2, 0) is 4.79 Å². The number of nitrogens with two attached hydrogens (primary N) is 1. The molecule has 1 amide bonds. The van der Waals surface area contributed by atoms with Crippen LogP contribution in [0.5, 0.6) is 0 Å². The highest BCUT2D eigenvalue weighted by Gasteiger charge is 2.28. The number of nitrogens with zero attached hydrogens (tertiary/aromatic N) is 3. The van der Waals surface area contributed by atoms with Gasteiger partial charge in [-0.05, 0) is 18.1 Å². The Morgan fingerprint density at radius 3 is 3.05 bits per heavy atom. The van der Waals surface area contributed by atoms with Gasteiger partial charge in [-0.3, -0.25) is 4.79 Å². The number of nitrogens with one attached hydrogen (secondary N) is 1. The van der Waals surface area contributed by atoms with Gasteiger partial charge in [0, 0.05) is 24.0 Å². The van der Waals surface area contributed by atoms with E-state index in [4.69, 9.17) is 17.3 Å². The van der Waals surface area contributed by atoms with E-state index in [1.807, 2.05) is 29.2 Å². The van der Waals surface area contributed by atoms with E-state index in [-0.39, 0.29) is 11.9 Å². The van der Waals surface area contributed by atoms with Crippen LogP contribution in [-0.4, -0.2) is 44.8 Å². The Morgan fingerprint density at radius 2 is 2.32 bits per heavy atom. The maximum atomic E-state index is 12.3. The molecule has 1 aromatic carbocycles. The van der Waals surface area contributed by atoms with Crippen LogP contribution in [0.15, 0.2) is 29.4 Å². The van der Waals surface area contributed by atoms with Crippen molar-refractivity contribution >= 4 is 35.2 Å². The fourth-order valence-electron chi connectivity index (χ4n) is 2.59. The molecule has 3 rings (SSSR count). The van der Waals surface area contributed by atoms with Crippen molar-refractivity contribution in [1.82, 2.24) is 20.1 Å². The lowest BCUT2D eigenvalue weighted by molar-refractivity contribution is -0.127. The summed E-state index contributed by atoms with van der Waals surface area (Å²) in [7, 11) is 0. The summed E-state index contributed by atoms with van der Waals surface area (Å²) in [4.78, 5) is 18.1. The summed E-state index contributed by atoms with van der Waals surface area (Å²) < 4.78 is 0. The van der Waals surface area contributed by atoms with Gasteiger partial charge in [0.1, 0.15) is 0 Å². The number of hydrogen-bond donors (Lipinski definition) is 2. The minimum absolute atomic E-state index is 0.0860. The Bertz CT molecular complexity index is 677. The number of halogens is 1. The lowest BCUT2D eigenvalue weighted by Gasteiger charge is -2.16. The predicted octanol–water partition coefficient (Wildman–Crippen LogP) is 2.15. The van der Waals surface area contributed by atoms with E-state index >= 15 is 0 Å². The second kappa shape index (κ2) is 6.58. The Kier molecular flexibility index (Phi) is 4.54. The molecule has 1 aliphatic heterocycles. The minimum Gasteiger partial charge on any atom is -0.368 e. The number of amides is 1. The van der Waals surface area contributed by atoms with Crippen molar-refractivity contribution in [1.29, 1.82) is 0 Å². The molecule has 116 valence electrons. The van der Waals surface area contributed by atoms with Gasteiger partial charge in [0.2, 0.25) is 17.0 Å². The minimum atomic E-state index is 0.0860. The summed E-state index contributed by atoms with van der Waals surface area (Å²) in [6, 6.07) is 7.83. The summed E-state index contributed by atoms with van der Waals surface area (Å²) in [5, 5.41) is 7.72. The van der Waals surface area contributed by atoms with Crippen LogP contribution in [0.2, 0.25) is 5.02 Å². The summed E-state index contributed by atoms with van der Waals surface area (Å²) in [6.45, 7) is 1.46. The third-order valence-electron chi connectivity index (χ3n) is 3.69. The number of anilines is 1. The average Bonchev–Trinajstić information content (AvgIpc) is 3.14. The largest absolute Gasteiger partial charge is 0.368 e. The first-order chi connectivity index (χ1) is 10.6. The van der Waals surface area contributed by atoms with Crippen molar-refractivity contribution in [3.8, 4) is 0 Å². The van der Waals surface area contributed by atoms with Gasteiger partial charge in [0.05, 0.1) is 5.75 Å². The average molecular weight is 338 g/mol. The van der Waals surface area contributed by atoms with Crippen LogP contribution in [0.4, 0.5) is 5.95 Å². The summed E-state index contributed by atoms with van der Waals surface area (Å²) in [5.41, 5.74) is 6.57.